The summed E-state index contributed by atoms with van der Waals surface area (Å²) in [5.41, 5.74) is 2.54. The maximum atomic E-state index is 15.9. The van der Waals surface area contributed by atoms with Gasteiger partial charge in [-0.1, -0.05) is 11.6 Å². The van der Waals surface area contributed by atoms with E-state index in [0.29, 0.717) is 34.8 Å². The molecule has 10 heteroatoms. The molecule has 3 fully saturated rings. The van der Waals surface area contributed by atoms with Crippen LogP contribution >= 0.6 is 11.6 Å². The molecule has 36 heavy (non-hydrogen) atoms. The van der Waals surface area contributed by atoms with Crippen molar-refractivity contribution in [1.29, 1.82) is 0 Å². The predicted molar refractivity (Wildman–Crippen MR) is 133 cm³/mol. The first-order valence-electron chi connectivity index (χ1n) is 12.2. The fourth-order valence-electron chi connectivity index (χ4n) is 5.83. The zero-order chi connectivity index (χ0) is 24.8. The van der Waals surface area contributed by atoms with Gasteiger partial charge in [-0.2, -0.15) is 0 Å². The topological polar surface area (TPSA) is 106 Å². The number of esters is 1. The Kier molecular flexibility index (Phi) is 5.87. The minimum Gasteiger partial charge on any atom is -0.466 e. The Morgan fingerprint density at radius 1 is 1.28 bits per heavy atom. The Hall–Kier alpha value is -3.46. The van der Waals surface area contributed by atoms with Crippen molar-refractivity contribution in [3.63, 3.8) is 0 Å². The molecular weight excluding hydrogens is 485 g/mol. The summed E-state index contributed by atoms with van der Waals surface area (Å²) in [6.07, 6.45) is 8.64. The highest BCUT2D eigenvalue weighted by molar-refractivity contribution is 6.29. The van der Waals surface area contributed by atoms with Crippen molar-refractivity contribution >= 4 is 34.4 Å². The Bertz CT molecular complexity index is 1410. The smallest absolute Gasteiger partial charge is 0.311 e. The molecule has 0 saturated heterocycles. The molecule has 0 spiro atoms. The van der Waals surface area contributed by atoms with E-state index in [-0.39, 0.29) is 46.3 Å². The third kappa shape index (κ3) is 3.91. The lowest BCUT2D eigenvalue weighted by Crippen LogP contribution is -2.52. The third-order valence-corrected chi connectivity index (χ3v) is 7.62. The molecule has 0 aromatic carbocycles. The lowest BCUT2D eigenvalue weighted by molar-refractivity contribution is -0.154. The number of ether oxygens (including phenoxy) is 1. The summed E-state index contributed by atoms with van der Waals surface area (Å²) < 4.78 is 26.9. The summed E-state index contributed by atoms with van der Waals surface area (Å²) in [6, 6.07) is 4.78. The Morgan fingerprint density at radius 2 is 2.08 bits per heavy atom. The van der Waals surface area contributed by atoms with E-state index in [9.17, 15) is 4.79 Å². The number of nitrogens with zero attached hydrogens (tertiary/aromatic N) is 3. The van der Waals surface area contributed by atoms with E-state index >= 15 is 4.39 Å². The molecule has 2 atom stereocenters. The van der Waals surface area contributed by atoms with Gasteiger partial charge in [0.15, 0.2) is 17.2 Å². The maximum absolute atomic E-state index is 15.9. The fraction of sp³-hybridized carbons (Fsp3) is 0.385. The standard InChI is InChI=1S/C26H25ClFN5O3/c1-2-35-26(34)20-13-5-7-14(8-6-13)22(20)32-17-10-16(31-24(21(17)28)18-4-3-9-36-18)15-11-30-25-23(15)29-12-19(27)33-25/h3-4,9-14,20,22H,2,5-8H2,1H3,(H,30,33)(H,31,32)/t13?,14?,20-,22-/m0/s1. The molecule has 7 rings (SSSR count). The number of nitrogens with one attached hydrogen (secondary N) is 2. The monoisotopic (exact) mass is 509 g/mol. The van der Waals surface area contributed by atoms with E-state index in [1.807, 2.05) is 6.92 Å². The number of pyridine rings is 1. The van der Waals surface area contributed by atoms with Crippen molar-refractivity contribution in [3.05, 3.63) is 47.8 Å². The van der Waals surface area contributed by atoms with Crippen molar-refractivity contribution in [3.8, 4) is 22.7 Å². The van der Waals surface area contributed by atoms with Crippen molar-refractivity contribution in [2.24, 2.45) is 17.8 Å². The van der Waals surface area contributed by atoms with Crippen molar-refractivity contribution in [1.82, 2.24) is 19.9 Å². The molecule has 0 radical (unpaired) electrons. The van der Waals surface area contributed by atoms with Crippen molar-refractivity contribution < 1.29 is 18.3 Å². The zero-order valence-corrected chi connectivity index (χ0v) is 20.4. The first-order valence-corrected chi connectivity index (χ1v) is 12.6. The summed E-state index contributed by atoms with van der Waals surface area (Å²) in [5, 5.41) is 3.67. The average Bonchev–Trinajstić information content (AvgIpc) is 3.56. The Morgan fingerprint density at radius 3 is 2.83 bits per heavy atom. The molecule has 4 aromatic heterocycles. The summed E-state index contributed by atoms with van der Waals surface area (Å²) in [7, 11) is 0. The number of carbonyl (C=O) groups is 1. The quantitative estimate of drug-likeness (QED) is 0.314. The number of hydrogen-bond donors (Lipinski definition) is 2. The number of fused-ring (bicyclic) bond motifs is 4. The first-order chi connectivity index (χ1) is 17.5. The molecule has 2 bridgehead atoms. The van der Waals surface area contributed by atoms with Crippen LogP contribution < -0.4 is 5.32 Å². The number of anilines is 1. The van der Waals surface area contributed by atoms with Crippen LogP contribution in [-0.2, 0) is 9.53 Å². The van der Waals surface area contributed by atoms with Gasteiger partial charge in [0.25, 0.3) is 0 Å². The van der Waals surface area contributed by atoms with Gasteiger partial charge in [0.05, 0.1) is 36.4 Å². The Labute approximate surface area is 211 Å². The SMILES string of the molecule is CCOC(=O)[C@H]1C2CCC(CC2)[C@@H]1Nc1cc(-c2c[nH]c3nc(Cl)cnc23)nc(-c2ccco2)c1F. The molecule has 186 valence electrons. The van der Waals surface area contributed by atoms with E-state index < -0.39 is 5.82 Å². The van der Waals surface area contributed by atoms with Crippen LogP contribution in [0.4, 0.5) is 10.1 Å². The van der Waals surface area contributed by atoms with E-state index in [1.165, 1.54) is 12.5 Å². The van der Waals surface area contributed by atoms with Gasteiger partial charge in [-0.3, -0.25) is 4.79 Å². The number of aromatic amines is 1. The molecule has 0 aliphatic heterocycles. The second kappa shape index (κ2) is 9.20. The highest BCUT2D eigenvalue weighted by Gasteiger charge is 2.48. The van der Waals surface area contributed by atoms with Crippen molar-refractivity contribution in [2.75, 3.05) is 11.9 Å². The molecule has 0 amide bonds. The number of hydrogen-bond acceptors (Lipinski definition) is 7. The maximum Gasteiger partial charge on any atom is 0.311 e. The molecule has 3 aliphatic carbocycles. The van der Waals surface area contributed by atoms with Gasteiger partial charge < -0.3 is 19.5 Å². The summed E-state index contributed by atoms with van der Waals surface area (Å²) in [6.45, 7) is 2.13. The van der Waals surface area contributed by atoms with Gasteiger partial charge in [-0.25, -0.2) is 19.3 Å². The highest BCUT2D eigenvalue weighted by Crippen LogP contribution is 2.47. The molecule has 4 aromatic rings. The van der Waals surface area contributed by atoms with Gasteiger partial charge in [0.1, 0.15) is 16.4 Å². The number of furan rings is 1. The number of rotatable bonds is 6. The molecular formula is C26H25ClFN5O3. The molecule has 3 saturated carbocycles. The van der Waals surface area contributed by atoms with Crippen LogP contribution in [0.5, 0.6) is 0 Å². The minimum atomic E-state index is -0.535. The number of carbonyl (C=O) groups excluding carboxylic acids is 1. The van der Waals surface area contributed by atoms with Gasteiger partial charge in [0, 0.05) is 17.8 Å². The van der Waals surface area contributed by atoms with Crippen LogP contribution in [0, 0.1) is 23.6 Å². The normalized spacial score (nSPS) is 23.2. The van der Waals surface area contributed by atoms with Crippen LogP contribution in [0.15, 0.2) is 41.3 Å². The fourth-order valence-corrected chi connectivity index (χ4v) is 5.97. The second-order valence-electron chi connectivity index (χ2n) is 9.41. The van der Waals surface area contributed by atoms with Crippen LogP contribution in [0.25, 0.3) is 33.9 Å². The molecule has 8 nitrogen and oxygen atoms in total. The molecule has 0 unspecified atom stereocenters. The summed E-state index contributed by atoms with van der Waals surface area (Å²) >= 11 is 5.99. The van der Waals surface area contributed by atoms with E-state index in [1.54, 1.807) is 24.4 Å². The molecule has 2 N–H and O–H groups in total. The number of halogens is 2. The Balaban J connectivity index is 1.45. The average molecular weight is 510 g/mol. The molecule has 4 heterocycles. The van der Waals surface area contributed by atoms with Crippen LogP contribution in [0.1, 0.15) is 32.6 Å². The molecule has 3 aliphatic rings. The van der Waals surface area contributed by atoms with Crippen LogP contribution in [0.3, 0.4) is 0 Å². The van der Waals surface area contributed by atoms with Crippen molar-refractivity contribution in [2.45, 2.75) is 38.6 Å². The predicted octanol–water partition coefficient (Wildman–Crippen LogP) is 5.85. The minimum absolute atomic E-state index is 0.0740. The highest BCUT2D eigenvalue weighted by atomic mass is 35.5. The van der Waals surface area contributed by atoms with Crippen LogP contribution in [0.2, 0.25) is 5.15 Å². The van der Waals surface area contributed by atoms with Crippen LogP contribution in [-0.4, -0.2) is 38.6 Å². The lowest BCUT2D eigenvalue weighted by atomic mass is 9.61. The van der Waals surface area contributed by atoms with Gasteiger partial charge in [0.2, 0.25) is 0 Å². The summed E-state index contributed by atoms with van der Waals surface area (Å²) in [5.74, 6) is -0.274. The first kappa shape index (κ1) is 23.0. The van der Waals surface area contributed by atoms with Gasteiger partial charge in [-0.05, 0) is 62.6 Å². The number of aromatic nitrogens is 4. The van der Waals surface area contributed by atoms with Gasteiger partial charge >= 0.3 is 5.97 Å². The largest absolute Gasteiger partial charge is 0.466 e. The van der Waals surface area contributed by atoms with E-state index in [0.717, 1.165) is 25.7 Å². The van der Waals surface area contributed by atoms with Gasteiger partial charge in [-0.15, -0.1) is 0 Å². The number of H-pyrrole nitrogens is 1. The summed E-state index contributed by atoms with van der Waals surface area (Å²) in [4.78, 5) is 29.3. The third-order valence-electron chi connectivity index (χ3n) is 7.44. The lowest BCUT2D eigenvalue weighted by Gasteiger charge is -2.47. The second-order valence-corrected chi connectivity index (χ2v) is 9.80. The zero-order valence-electron chi connectivity index (χ0n) is 19.6. The van der Waals surface area contributed by atoms with E-state index in [4.69, 9.17) is 20.8 Å². The van der Waals surface area contributed by atoms with E-state index in [2.05, 4.69) is 25.3 Å².